The van der Waals surface area contributed by atoms with Gasteiger partial charge in [-0.05, 0) is 43.0 Å². The fourth-order valence-corrected chi connectivity index (χ4v) is 5.21. The van der Waals surface area contributed by atoms with Crippen molar-refractivity contribution in [3.63, 3.8) is 0 Å². The molecule has 1 aromatic heterocycles. The van der Waals surface area contributed by atoms with Crippen LogP contribution in [0.3, 0.4) is 0 Å². The molecule has 9 heteroatoms. The van der Waals surface area contributed by atoms with Gasteiger partial charge in [0.05, 0.1) is 29.0 Å². The summed E-state index contributed by atoms with van der Waals surface area (Å²) in [5.74, 6) is -0.934. The van der Waals surface area contributed by atoms with Gasteiger partial charge in [-0.1, -0.05) is 44.2 Å². The molecule has 2 N–H and O–H groups in total. The van der Waals surface area contributed by atoms with Crippen LogP contribution >= 0.6 is 23.4 Å². The van der Waals surface area contributed by atoms with Crippen molar-refractivity contribution in [2.75, 3.05) is 12.4 Å². The van der Waals surface area contributed by atoms with E-state index in [0.29, 0.717) is 18.1 Å². The third-order valence-corrected chi connectivity index (χ3v) is 7.13. The summed E-state index contributed by atoms with van der Waals surface area (Å²) in [6, 6.07) is 8.08. The molecular weight excluding hydrogens is 465 g/mol. The molecule has 2 aromatic rings. The quantitative estimate of drug-likeness (QED) is 0.484. The minimum Gasteiger partial charge on any atom is -0.481 e. The van der Waals surface area contributed by atoms with Crippen molar-refractivity contribution in [2.24, 2.45) is 5.92 Å². The second-order valence-electron chi connectivity index (χ2n) is 8.35. The Labute approximate surface area is 203 Å². The SMILES string of the molecule is C=C(C(C)C)N1C(SCC(=O)O)NC(C)(c2ccc(OCC)nc2)C1c1ccc(Cl)c(F)c1. The van der Waals surface area contributed by atoms with E-state index in [9.17, 15) is 14.3 Å². The van der Waals surface area contributed by atoms with Gasteiger partial charge in [0, 0.05) is 18.0 Å². The van der Waals surface area contributed by atoms with Crippen LogP contribution in [0.2, 0.25) is 5.02 Å². The third kappa shape index (κ3) is 5.28. The van der Waals surface area contributed by atoms with E-state index in [1.165, 1.54) is 23.9 Å². The summed E-state index contributed by atoms with van der Waals surface area (Å²) in [5, 5.41) is 12.9. The zero-order valence-electron chi connectivity index (χ0n) is 19.1. The molecule has 33 heavy (non-hydrogen) atoms. The largest absolute Gasteiger partial charge is 0.481 e. The van der Waals surface area contributed by atoms with Crippen molar-refractivity contribution < 1.29 is 19.0 Å². The average Bonchev–Trinajstić information content (AvgIpc) is 3.07. The molecule has 3 rings (SSSR count). The number of rotatable bonds is 9. The summed E-state index contributed by atoms with van der Waals surface area (Å²) in [7, 11) is 0. The Bertz CT molecular complexity index is 1020. The number of allylic oxidation sites excluding steroid dienone is 1. The number of thioether (sulfide) groups is 1. The lowest BCUT2D eigenvalue weighted by Gasteiger charge is -2.38. The Morgan fingerprint density at radius 2 is 2.15 bits per heavy atom. The van der Waals surface area contributed by atoms with Crippen LogP contribution in [-0.4, -0.2) is 38.8 Å². The summed E-state index contributed by atoms with van der Waals surface area (Å²) in [4.78, 5) is 17.8. The number of hydrogen-bond donors (Lipinski definition) is 2. The molecular formula is C24H29ClFN3O3S. The topological polar surface area (TPSA) is 74.7 Å². The normalized spacial score (nSPS) is 22.6. The van der Waals surface area contributed by atoms with Gasteiger partial charge in [0.15, 0.2) is 0 Å². The van der Waals surface area contributed by atoms with E-state index in [1.54, 1.807) is 18.3 Å². The van der Waals surface area contributed by atoms with Crippen LogP contribution in [0, 0.1) is 11.7 Å². The lowest BCUT2D eigenvalue weighted by Crippen LogP contribution is -2.40. The van der Waals surface area contributed by atoms with E-state index in [0.717, 1.165) is 11.3 Å². The first-order chi connectivity index (χ1) is 15.6. The van der Waals surface area contributed by atoms with E-state index >= 15 is 0 Å². The van der Waals surface area contributed by atoms with Crippen LogP contribution in [0.15, 0.2) is 48.8 Å². The fourth-order valence-electron chi connectivity index (χ4n) is 4.04. The number of aromatic nitrogens is 1. The van der Waals surface area contributed by atoms with Gasteiger partial charge < -0.3 is 14.7 Å². The lowest BCUT2D eigenvalue weighted by atomic mass is 9.82. The standard InChI is InChI=1S/C24H29ClFN3O3S/c1-6-32-20-10-8-17(12-27-20)24(5)22(16-7-9-18(25)19(26)11-16)29(15(4)14(2)3)23(28-24)33-13-21(30)31/h7-12,14,22-23,28H,4,6,13H2,1-3,5H3,(H,30,31). The number of carbonyl (C=O) groups is 1. The Morgan fingerprint density at radius 3 is 2.70 bits per heavy atom. The summed E-state index contributed by atoms with van der Waals surface area (Å²) in [6.45, 7) is 12.7. The highest BCUT2D eigenvalue weighted by atomic mass is 35.5. The number of aliphatic carboxylic acids is 1. The molecule has 0 bridgehead atoms. The summed E-state index contributed by atoms with van der Waals surface area (Å²) in [6.07, 6.45) is 1.73. The molecule has 6 nitrogen and oxygen atoms in total. The summed E-state index contributed by atoms with van der Waals surface area (Å²) < 4.78 is 20.0. The highest BCUT2D eigenvalue weighted by molar-refractivity contribution is 8.00. The first-order valence-electron chi connectivity index (χ1n) is 10.7. The van der Waals surface area contributed by atoms with Crippen molar-refractivity contribution >= 4 is 29.3 Å². The predicted molar refractivity (Wildman–Crippen MR) is 130 cm³/mol. The number of halogens is 2. The summed E-state index contributed by atoms with van der Waals surface area (Å²) in [5.41, 5.74) is 1.21. The maximum absolute atomic E-state index is 14.6. The van der Waals surface area contributed by atoms with Crippen molar-refractivity contribution in [3.8, 4) is 5.88 Å². The second-order valence-corrected chi connectivity index (χ2v) is 9.83. The van der Waals surface area contributed by atoms with Crippen LogP contribution < -0.4 is 10.1 Å². The van der Waals surface area contributed by atoms with E-state index in [1.807, 2.05) is 33.8 Å². The number of pyridine rings is 1. The van der Waals surface area contributed by atoms with Crippen LogP contribution in [-0.2, 0) is 10.3 Å². The van der Waals surface area contributed by atoms with E-state index < -0.39 is 28.9 Å². The first-order valence-corrected chi connectivity index (χ1v) is 12.1. The zero-order valence-corrected chi connectivity index (χ0v) is 20.7. The molecule has 1 aliphatic rings. The molecule has 1 fully saturated rings. The highest BCUT2D eigenvalue weighted by Crippen LogP contribution is 2.50. The number of carboxylic acids is 1. The number of nitrogens with zero attached hydrogens (tertiary/aromatic N) is 2. The fraction of sp³-hybridized carbons (Fsp3) is 0.417. The van der Waals surface area contributed by atoms with Crippen molar-refractivity contribution in [1.82, 2.24) is 15.2 Å². The first kappa shape index (κ1) is 25.3. The van der Waals surface area contributed by atoms with Crippen molar-refractivity contribution in [2.45, 2.75) is 44.8 Å². The molecule has 0 saturated carbocycles. The minimum absolute atomic E-state index is 0.0418. The van der Waals surface area contributed by atoms with Gasteiger partial charge in [-0.15, -0.1) is 11.8 Å². The Hall–Kier alpha value is -2.29. The van der Waals surface area contributed by atoms with Crippen LogP contribution in [0.25, 0.3) is 0 Å². The van der Waals surface area contributed by atoms with Gasteiger partial charge in [0.1, 0.15) is 11.3 Å². The molecule has 0 spiro atoms. The van der Waals surface area contributed by atoms with Crippen molar-refractivity contribution in [3.05, 3.63) is 70.8 Å². The highest BCUT2D eigenvalue weighted by Gasteiger charge is 2.51. The molecule has 178 valence electrons. The lowest BCUT2D eigenvalue weighted by molar-refractivity contribution is -0.133. The molecule has 0 amide bonds. The van der Waals surface area contributed by atoms with Crippen LogP contribution in [0.5, 0.6) is 5.88 Å². The van der Waals surface area contributed by atoms with E-state index in [-0.39, 0.29) is 16.7 Å². The maximum Gasteiger partial charge on any atom is 0.313 e. The second kappa shape index (κ2) is 10.3. The molecule has 2 heterocycles. The predicted octanol–water partition coefficient (Wildman–Crippen LogP) is 5.41. The Balaban J connectivity index is 2.16. The summed E-state index contributed by atoms with van der Waals surface area (Å²) >= 11 is 7.22. The molecule has 0 radical (unpaired) electrons. The van der Waals surface area contributed by atoms with E-state index in [2.05, 4.69) is 21.8 Å². The number of nitrogens with one attached hydrogen (secondary N) is 1. The number of ether oxygens (including phenoxy) is 1. The molecule has 1 aliphatic heterocycles. The zero-order chi connectivity index (χ0) is 24.3. The van der Waals surface area contributed by atoms with Gasteiger partial charge >= 0.3 is 5.97 Å². The number of hydrogen-bond acceptors (Lipinski definition) is 6. The Kier molecular flexibility index (Phi) is 7.92. The van der Waals surface area contributed by atoms with Gasteiger partial charge in [-0.3, -0.25) is 10.1 Å². The average molecular weight is 494 g/mol. The Morgan fingerprint density at radius 1 is 1.42 bits per heavy atom. The van der Waals surface area contributed by atoms with Crippen LogP contribution in [0.4, 0.5) is 4.39 Å². The molecule has 1 aromatic carbocycles. The number of carboxylic acid groups (broad SMARTS) is 1. The smallest absolute Gasteiger partial charge is 0.313 e. The molecule has 3 atom stereocenters. The van der Waals surface area contributed by atoms with Gasteiger partial charge in [-0.2, -0.15) is 0 Å². The van der Waals surface area contributed by atoms with E-state index in [4.69, 9.17) is 16.3 Å². The number of benzene rings is 1. The van der Waals surface area contributed by atoms with Gasteiger partial charge in [0.2, 0.25) is 5.88 Å². The molecule has 3 unspecified atom stereocenters. The molecule has 1 saturated heterocycles. The maximum atomic E-state index is 14.6. The van der Waals surface area contributed by atoms with Crippen LogP contribution in [0.1, 0.15) is 44.9 Å². The minimum atomic E-state index is -0.915. The molecule has 0 aliphatic carbocycles. The van der Waals surface area contributed by atoms with Gasteiger partial charge in [0.25, 0.3) is 0 Å². The van der Waals surface area contributed by atoms with Crippen molar-refractivity contribution in [1.29, 1.82) is 0 Å². The third-order valence-electron chi connectivity index (χ3n) is 5.75. The van der Waals surface area contributed by atoms with Gasteiger partial charge in [-0.25, -0.2) is 9.37 Å². The monoisotopic (exact) mass is 493 g/mol.